The summed E-state index contributed by atoms with van der Waals surface area (Å²) in [6, 6.07) is 5.47. The molecule has 32 heavy (non-hydrogen) atoms. The highest BCUT2D eigenvalue weighted by Crippen LogP contribution is 2.35. The number of halogens is 4. The number of ether oxygens (including phenoxy) is 1. The molecular formula is C20H18F4N2O5S. The van der Waals surface area contributed by atoms with E-state index in [-0.39, 0.29) is 21.9 Å². The number of benzene rings is 2. The monoisotopic (exact) mass is 474 g/mol. The lowest BCUT2D eigenvalue weighted by atomic mass is 10.0. The zero-order valence-corrected chi connectivity index (χ0v) is 17.4. The highest BCUT2D eigenvalue weighted by molar-refractivity contribution is 7.89. The lowest BCUT2D eigenvalue weighted by Crippen LogP contribution is -2.48. The fourth-order valence-corrected chi connectivity index (χ4v) is 5.09. The zero-order chi connectivity index (χ0) is 23.9. The Hall–Kier alpha value is -2.72. The van der Waals surface area contributed by atoms with Crippen molar-refractivity contribution in [2.45, 2.75) is 29.7 Å². The first-order valence-corrected chi connectivity index (χ1v) is 10.6. The second kappa shape index (κ2) is 8.32. The van der Waals surface area contributed by atoms with Crippen molar-refractivity contribution in [2.24, 2.45) is 0 Å². The lowest BCUT2D eigenvalue weighted by Gasteiger charge is -2.27. The van der Waals surface area contributed by atoms with E-state index in [9.17, 15) is 36.2 Å². The van der Waals surface area contributed by atoms with Crippen LogP contribution in [0.15, 0.2) is 41.3 Å². The van der Waals surface area contributed by atoms with Crippen molar-refractivity contribution in [1.29, 1.82) is 0 Å². The van der Waals surface area contributed by atoms with Crippen LogP contribution in [0, 0.1) is 19.3 Å². The molecule has 1 aliphatic heterocycles. The molecule has 1 saturated heterocycles. The molecule has 1 aliphatic rings. The summed E-state index contributed by atoms with van der Waals surface area (Å²) in [4.78, 5) is 2.58. The Morgan fingerprint density at radius 2 is 1.97 bits per heavy atom. The lowest BCUT2D eigenvalue weighted by molar-refractivity contribution is -0.137. The van der Waals surface area contributed by atoms with Crippen molar-refractivity contribution in [1.82, 2.24) is 4.31 Å². The SMILES string of the molecule is [C-]#[N+]c1ccc(O[C@H]2CN(S(=O)(=O)c3ccc(C(F)(F)F)cc3C)C[C@@]2(O)CO)cc1F. The molecular weight excluding hydrogens is 456 g/mol. The second-order valence-electron chi connectivity index (χ2n) is 7.37. The van der Waals surface area contributed by atoms with Crippen LogP contribution < -0.4 is 4.74 Å². The average Bonchev–Trinajstić information content (AvgIpc) is 3.05. The summed E-state index contributed by atoms with van der Waals surface area (Å²) in [6.07, 6.45) is -5.95. The van der Waals surface area contributed by atoms with Crippen LogP contribution in [-0.4, -0.2) is 54.3 Å². The van der Waals surface area contributed by atoms with Gasteiger partial charge in [-0.25, -0.2) is 17.7 Å². The summed E-state index contributed by atoms with van der Waals surface area (Å²) >= 11 is 0. The Labute approximate surface area is 181 Å². The summed E-state index contributed by atoms with van der Waals surface area (Å²) in [5.74, 6) is -0.982. The van der Waals surface area contributed by atoms with E-state index in [2.05, 4.69) is 4.85 Å². The van der Waals surface area contributed by atoms with E-state index in [4.69, 9.17) is 11.3 Å². The molecule has 1 fully saturated rings. The van der Waals surface area contributed by atoms with Crippen molar-refractivity contribution in [3.05, 3.63) is 64.8 Å². The van der Waals surface area contributed by atoms with Crippen LogP contribution in [0.3, 0.4) is 0 Å². The summed E-state index contributed by atoms with van der Waals surface area (Å²) in [5, 5.41) is 20.4. The van der Waals surface area contributed by atoms with Crippen molar-refractivity contribution in [3.8, 4) is 5.75 Å². The molecule has 0 bridgehead atoms. The fourth-order valence-electron chi connectivity index (χ4n) is 3.38. The van der Waals surface area contributed by atoms with Crippen LogP contribution >= 0.6 is 0 Å². The number of nitrogens with zero attached hydrogens (tertiary/aromatic N) is 2. The Kier molecular flexibility index (Phi) is 6.23. The van der Waals surface area contributed by atoms with Gasteiger partial charge in [-0.05, 0) is 42.8 Å². The predicted molar refractivity (Wildman–Crippen MR) is 104 cm³/mol. The maximum Gasteiger partial charge on any atom is 0.416 e. The third kappa shape index (κ3) is 4.42. The number of hydrogen-bond acceptors (Lipinski definition) is 5. The van der Waals surface area contributed by atoms with Crippen LogP contribution in [0.2, 0.25) is 0 Å². The molecule has 0 amide bonds. The van der Waals surface area contributed by atoms with Gasteiger partial charge in [-0.2, -0.15) is 17.5 Å². The number of alkyl halides is 3. The standard InChI is InChI=1S/C20H18F4N2O5S/c1-12-7-13(20(22,23)24)3-6-17(12)32(29,30)26-9-18(19(28,10-26)11-27)31-14-4-5-16(25-2)15(21)8-14/h3-8,18,27-28H,9-11H2,1H3/t18-,19+/m0/s1. The van der Waals surface area contributed by atoms with Crippen LogP contribution in [0.4, 0.5) is 23.2 Å². The number of aryl methyl sites for hydroxylation is 1. The van der Waals surface area contributed by atoms with Crippen LogP contribution in [0.1, 0.15) is 11.1 Å². The zero-order valence-electron chi connectivity index (χ0n) is 16.6. The van der Waals surface area contributed by atoms with E-state index in [0.29, 0.717) is 12.1 Å². The van der Waals surface area contributed by atoms with Crippen LogP contribution in [-0.2, 0) is 16.2 Å². The summed E-state index contributed by atoms with van der Waals surface area (Å²) in [6.45, 7) is 6.12. The number of hydrogen-bond donors (Lipinski definition) is 2. The molecule has 2 aromatic carbocycles. The second-order valence-corrected chi connectivity index (χ2v) is 9.28. The third-order valence-corrected chi connectivity index (χ3v) is 7.10. The average molecular weight is 474 g/mol. The van der Waals surface area contributed by atoms with Gasteiger partial charge < -0.3 is 14.9 Å². The van der Waals surface area contributed by atoms with E-state index in [0.717, 1.165) is 22.5 Å². The minimum atomic E-state index is -4.64. The summed E-state index contributed by atoms with van der Waals surface area (Å²) in [5.41, 5.74) is -3.47. The molecule has 0 unspecified atom stereocenters. The Balaban J connectivity index is 1.90. The fraction of sp³-hybridized carbons (Fsp3) is 0.350. The molecule has 0 aliphatic carbocycles. The third-order valence-electron chi connectivity index (χ3n) is 5.13. The van der Waals surface area contributed by atoms with E-state index >= 15 is 0 Å². The Morgan fingerprint density at radius 1 is 1.28 bits per heavy atom. The molecule has 2 aromatic rings. The topological polar surface area (TPSA) is 91.4 Å². The van der Waals surface area contributed by atoms with Crippen molar-refractivity contribution < 1.29 is 40.9 Å². The molecule has 0 aromatic heterocycles. The normalized spacial score (nSPS) is 22.0. The van der Waals surface area contributed by atoms with E-state index in [1.54, 1.807) is 0 Å². The van der Waals surface area contributed by atoms with Gasteiger partial charge in [0.15, 0.2) is 0 Å². The maximum absolute atomic E-state index is 13.9. The Morgan fingerprint density at radius 3 is 2.50 bits per heavy atom. The number of aliphatic hydroxyl groups excluding tert-OH is 1. The van der Waals surface area contributed by atoms with Crippen molar-refractivity contribution in [3.63, 3.8) is 0 Å². The van der Waals surface area contributed by atoms with Gasteiger partial charge in [-0.15, -0.1) is 0 Å². The summed E-state index contributed by atoms with van der Waals surface area (Å²) < 4.78 is 85.0. The smallest absolute Gasteiger partial charge is 0.416 e. The van der Waals surface area contributed by atoms with Gasteiger partial charge in [0.1, 0.15) is 23.3 Å². The van der Waals surface area contributed by atoms with Crippen LogP contribution in [0.25, 0.3) is 4.85 Å². The van der Waals surface area contributed by atoms with Gasteiger partial charge in [0.2, 0.25) is 15.7 Å². The molecule has 0 saturated carbocycles. The molecule has 1 heterocycles. The number of sulfonamides is 1. The molecule has 0 radical (unpaired) electrons. The van der Waals surface area contributed by atoms with E-state index in [1.165, 1.54) is 13.0 Å². The van der Waals surface area contributed by atoms with E-state index < -0.39 is 59.0 Å². The highest BCUT2D eigenvalue weighted by atomic mass is 32.2. The quantitative estimate of drug-likeness (QED) is 0.514. The van der Waals surface area contributed by atoms with Gasteiger partial charge in [0, 0.05) is 12.6 Å². The summed E-state index contributed by atoms with van der Waals surface area (Å²) in [7, 11) is -4.36. The largest absolute Gasteiger partial charge is 0.486 e. The first kappa shape index (κ1) is 23.9. The van der Waals surface area contributed by atoms with Gasteiger partial charge >= 0.3 is 6.18 Å². The van der Waals surface area contributed by atoms with E-state index in [1.807, 2.05) is 0 Å². The molecule has 2 N–H and O–H groups in total. The molecule has 172 valence electrons. The molecule has 3 rings (SSSR count). The maximum atomic E-state index is 13.9. The molecule has 0 spiro atoms. The number of aliphatic hydroxyl groups is 2. The van der Waals surface area contributed by atoms with Gasteiger partial charge in [0.05, 0.1) is 30.2 Å². The molecule has 12 heteroatoms. The highest BCUT2D eigenvalue weighted by Gasteiger charge is 2.51. The van der Waals surface area contributed by atoms with Gasteiger partial charge in [0.25, 0.3) is 0 Å². The van der Waals surface area contributed by atoms with Crippen LogP contribution in [0.5, 0.6) is 5.75 Å². The first-order chi connectivity index (χ1) is 14.8. The van der Waals surface area contributed by atoms with Crippen molar-refractivity contribution >= 4 is 15.7 Å². The molecule has 2 atom stereocenters. The van der Waals surface area contributed by atoms with Crippen molar-refractivity contribution in [2.75, 3.05) is 19.7 Å². The Bertz CT molecular complexity index is 1180. The minimum absolute atomic E-state index is 0.100. The van der Waals surface area contributed by atoms with Gasteiger partial charge in [-0.1, -0.05) is 0 Å². The number of β-amino-alcohol motifs (C(OH)–C–C–N with tert-alkyl or cyclic N) is 1. The first-order valence-electron chi connectivity index (χ1n) is 9.17. The van der Waals surface area contributed by atoms with Gasteiger partial charge in [-0.3, -0.25) is 0 Å². The molecule has 7 nitrogen and oxygen atoms in total. The predicted octanol–water partition coefficient (Wildman–Crippen LogP) is 2.88. The minimum Gasteiger partial charge on any atom is -0.486 e. The number of rotatable bonds is 5.